The summed E-state index contributed by atoms with van der Waals surface area (Å²) in [6, 6.07) is 0. The molecule has 1 atom stereocenters. The van der Waals surface area contributed by atoms with Gasteiger partial charge in [0.2, 0.25) is 4.58 Å². The Morgan fingerprint density at radius 1 is 1.00 bits per heavy atom. The molecule has 4 N–H and O–H groups in total. The first-order chi connectivity index (χ1) is 5.98. The summed E-state index contributed by atoms with van der Waals surface area (Å²) in [7, 11) is -10.9. The second kappa shape index (κ2) is 3.78. The molecular weight excluding hydrogens is 244 g/mol. The average Bonchev–Trinajstić information content (AvgIpc) is 1.79. The highest BCUT2D eigenvalue weighted by molar-refractivity contribution is 8.04. The van der Waals surface area contributed by atoms with Crippen LogP contribution in [-0.2, 0) is 25.0 Å². The summed E-state index contributed by atoms with van der Waals surface area (Å²) in [6.07, 6.45) is -2.97. The maximum Gasteiger partial charge on any atom is 0.335 e. The van der Waals surface area contributed by atoms with Crippen molar-refractivity contribution in [3.8, 4) is 0 Å². The predicted octanol–water partition coefficient (Wildman–Crippen LogP) is -2.47. The van der Waals surface area contributed by atoms with Gasteiger partial charge in [-0.1, -0.05) is 0 Å². The van der Waals surface area contributed by atoms with E-state index in [0.717, 1.165) is 0 Å². The summed E-state index contributed by atoms with van der Waals surface area (Å²) < 4.78 is 54.5. The van der Waals surface area contributed by atoms with Crippen LogP contribution >= 0.6 is 0 Å². The van der Waals surface area contributed by atoms with Crippen molar-refractivity contribution >= 4 is 26.2 Å². The van der Waals surface area contributed by atoms with Crippen LogP contribution in [0.3, 0.4) is 0 Å². The molecule has 1 unspecified atom stereocenters. The predicted molar refractivity (Wildman–Crippen MR) is 40.5 cm³/mol. The average molecular weight is 250 g/mol. The molecule has 0 aromatic rings. The molecule has 84 valence electrons. The molecule has 14 heavy (non-hydrogen) atoms. The van der Waals surface area contributed by atoms with Crippen LogP contribution in [0.1, 0.15) is 0 Å². The van der Waals surface area contributed by atoms with Crippen LogP contribution in [0.15, 0.2) is 0 Å². The molecule has 0 aromatic carbocycles. The van der Waals surface area contributed by atoms with E-state index in [0.29, 0.717) is 0 Å². The van der Waals surface area contributed by atoms with Crippen molar-refractivity contribution in [2.75, 3.05) is 0 Å². The van der Waals surface area contributed by atoms with Crippen molar-refractivity contribution in [1.29, 1.82) is 0 Å². The highest BCUT2D eigenvalue weighted by Crippen LogP contribution is 2.11. The monoisotopic (exact) mass is 250 g/mol. The van der Waals surface area contributed by atoms with E-state index in [1.54, 1.807) is 0 Å². The second-order valence-corrected chi connectivity index (χ2v) is 5.56. The Balaban J connectivity index is 5.49. The fraction of sp³-hybridized carbons (Fsp3) is 0.667. The quantitative estimate of drug-likeness (QED) is 0.395. The molecule has 0 spiro atoms. The molecule has 0 saturated carbocycles. The number of aliphatic hydroxyl groups excluding tert-OH is 1. The molecular formula is C3H6O9S2. The lowest BCUT2D eigenvalue weighted by Crippen LogP contribution is -2.44. The van der Waals surface area contributed by atoms with E-state index in [1.165, 1.54) is 0 Å². The first-order valence-electron chi connectivity index (χ1n) is 2.81. The number of carboxylic acids is 1. The summed E-state index contributed by atoms with van der Waals surface area (Å²) in [5.41, 5.74) is 0. The third-order valence-electron chi connectivity index (χ3n) is 1.10. The first kappa shape index (κ1) is 13.2. The van der Waals surface area contributed by atoms with Crippen LogP contribution in [0.5, 0.6) is 0 Å². The van der Waals surface area contributed by atoms with E-state index in [-0.39, 0.29) is 0 Å². The van der Waals surface area contributed by atoms with E-state index in [9.17, 15) is 21.6 Å². The zero-order chi connectivity index (χ0) is 11.7. The van der Waals surface area contributed by atoms with Crippen LogP contribution in [0, 0.1) is 0 Å². The van der Waals surface area contributed by atoms with Gasteiger partial charge < -0.3 is 10.2 Å². The molecule has 0 aromatic heterocycles. The Morgan fingerprint density at radius 3 is 1.36 bits per heavy atom. The summed E-state index contributed by atoms with van der Waals surface area (Å²) in [4.78, 5) is 10.0. The molecule has 0 aliphatic heterocycles. The minimum Gasteiger partial charge on any atom is -0.479 e. The summed E-state index contributed by atoms with van der Waals surface area (Å²) >= 11 is 0. The fourth-order valence-corrected chi connectivity index (χ4v) is 2.71. The van der Waals surface area contributed by atoms with E-state index < -0.39 is 36.9 Å². The van der Waals surface area contributed by atoms with Gasteiger partial charge in [-0.15, -0.1) is 0 Å². The first-order valence-corrected chi connectivity index (χ1v) is 5.82. The van der Waals surface area contributed by atoms with E-state index in [1.807, 2.05) is 0 Å². The third-order valence-corrected chi connectivity index (χ3v) is 4.25. The van der Waals surface area contributed by atoms with Gasteiger partial charge in [0.15, 0.2) is 6.10 Å². The Hall–Kier alpha value is -0.750. The van der Waals surface area contributed by atoms with Crippen LogP contribution in [0.25, 0.3) is 0 Å². The van der Waals surface area contributed by atoms with E-state index in [4.69, 9.17) is 19.3 Å². The number of hydrogen-bond donors (Lipinski definition) is 4. The van der Waals surface area contributed by atoms with Gasteiger partial charge in [0.05, 0.1) is 0 Å². The standard InChI is InChI=1S/C3H6O9S2/c4-1(2(5)6)3(13(7,8)9)14(10,11)12/h1,3-4H,(H,5,6)(H,7,8,9)(H,10,11,12). The zero-order valence-corrected chi connectivity index (χ0v) is 7.93. The highest BCUT2D eigenvalue weighted by atomic mass is 32.3. The Kier molecular flexibility index (Phi) is 3.58. The van der Waals surface area contributed by atoms with E-state index in [2.05, 4.69) is 0 Å². The number of carboxylic acid groups (broad SMARTS) is 1. The van der Waals surface area contributed by atoms with Crippen LogP contribution in [0.2, 0.25) is 0 Å². The number of hydrogen-bond acceptors (Lipinski definition) is 6. The minimum atomic E-state index is -5.44. The van der Waals surface area contributed by atoms with Crippen LogP contribution in [0.4, 0.5) is 0 Å². The lowest BCUT2D eigenvalue weighted by atomic mass is 10.4. The SMILES string of the molecule is O=C(O)C(O)C(S(=O)(=O)O)S(=O)(=O)O. The lowest BCUT2D eigenvalue weighted by molar-refractivity contribution is -0.145. The molecule has 0 fully saturated rings. The molecule has 0 amide bonds. The van der Waals surface area contributed by atoms with Crippen molar-refractivity contribution in [3.05, 3.63) is 0 Å². The molecule has 9 nitrogen and oxygen atoms in total. The van der Waals surface area contributed by atoms with E-state index >= 15 is 0 Å². The molecule has 0 rings (SSSR count). The molecule has 0 heterocycles. The van der Waals surface area contributed by atoms with Gasteiger partial charge >= 0.3 is 5.97 Å². The number of aliphatic carboxylic acids is 1. The number of aliphatic hydroxyl groups is 1. The van der Waals surface area contributed by atoms with Gasteiger partial charge in [0.25, 0.3) is 20.2 Å². The smallest absolute Gasteiger partial charge is 0.335 e. The maximum absolute atomic E-state index is 10.3. The van der Waals surface area contributed by atoms with Crippen LogP contribution < -0.4 is 0 Å². The number of rotatable bonds is 4. The molecule has 0 radical (unpaired) electrons. The summed E-state index contributed by atoms with van der Waals surface area (Å²) in [5, 5.41) is 16.7. The lowest BCUT2D eigenvalue weighted by Gasteiger charge is -2.13. The molecule has 0 saturated heterocycles. The Morgan fingerprint density at radius 2 is 1.29 bits per heavy atom. The fourth-order valence-electron chi connectivity index (χ4n) is 0.596. The zero-order valence-electron chi connectivity index (χ0n) is 6.30. The molecule has 11 heteroatoms. The van der Waals surface area contributed by atoms with Crippen molar-refractivity contribution in [3.63, 3.8) is 0 Å². The van der Waals surface area contributed by atoms with Gasteiger partial charge in [-0.25, -0.2) is 4.79 Å². The van der Waals surface area contributed by atoms with Crippen molar-refractivity contribution in [2.45, 2.75) is 10.7 Å². The van der Waals surface area contributed by atoms with Gasteiger partial charge in [-0.2, -0.15) is 16.8 Å². The van der Waals surface area contributed by atoms with Crippen molar-refractivity contribution in [2.24, 2.45) is 0 Å². The second-order valence-electron chi connectivity index (χ2n) is 2.18. The van der Waals surface area contributed by atoms with Crippen LogP contribution in [-0.4, -0.2) is 52.8 Å². The topological polar surface area (TPSA) is 166 Å². The van der Waals surface area contributed by atoms with Crippen molar-refractivity contribution in [1.82, 2.24) is 0 Å². The van der Waals surface area contributed by atoms with Gasteiger partial charge in [-0.05, 0) is 0 Å². The van der Waals surface area contributed by atoms with Gasteiger partial charge in [0, 0.05) is 0 Å². The molecule has 0 bridgehead atoms. The summed E-state index contributed by atoms with van der Waals surface area (Å²) in [5.74, 6) is -2.22. The largest absolute Gasteiger partial charge is 0.479 e. The third kappa shape index (κ3) is 3.19. The van der Waals surface area contributed by atoms with Gasteiger partial charge in [-0.3, -0.25) is 9.11 Å². The summed E-state index contributed by atoms with van der Waals surface area (Å²) in [6.45, 7) is 0. The molecule has 0 aliphatic rings. The normalized spacial score (nSPS) is 15.4. The number of carbonyl (C=O) groups is 1. The Bertz CT molecular complexity index is 383. The van der Waals surface area contributed by atoms with Gasteiger partial charge in [0.1, 0.15) is 0 Å². The highest BCUT2D eigenvalue weighted by Gasteiger charge is 2.45. The minimum absolute atomic E-state index is 2.22. The maximum atomic E-state index is 10.3. The Labute approximate surface area is 78.5 Å². The van der Waals surface area contributed by atoms with Crippen molar-refractivity contribution < 1.29 is 40.9 Å². The molecule has 0 aliphatic carbocycles.